The van der Waals surface area contributed by atoms with Gasteiger partial charge in [-0.3, -0.25) is 9.78 Å². The quantitative estimate of drug-likeness (QED) is 0.833. The second-order valence-corrected chi connectivity index (χ2v) is 8.08. The molecule has 0 atom stereocenters. The third-order valence-corrected chi connectivity index (χ3v) is 6.25. The molecule has 1 aliphatic rings. The second kappa shape index (κ2) is 7.33. The van der Waals surface area contributed by atoms with E-state index >= 15 is 0 Å². The van der Waals surface area contributed by atoms with Crippen molar-refractivity contribution in [1.82, 2.24) is 14.2 Å². The first kappa shape index (κ1) is 17.6. The van der Waals surface area contributed by atoms with Crippen LogP contribution in [0.1, 0.15) is 21.5 Å². The van der Waals surface area contributed by atoms with Crippen molar-refractivity contribution < 1.29 is 13.2 Å². The molecular weight excluding hydrogens is 338 g/mol. The van der Waals surface area contributed by atoms with Crippen LogP contribution in [0.4, 0.5) is 0 Å². The number of hydrogen-bond donors (Lipinski definition) is 0. The van der Waals surface area contributed by atoms with Gasteiger partial charge in [-0.05, 0) is 30.2 Å². The largest absolute Gasteiger partial charge is 0.336 e. The molecule has 6 nitrogen and oxygen atoms in total. The Morgan fingerprint density at radius 1 is 1.08 bits per heavy atom. The van der Waals surface area contributed by atoms with Crippen LogP contribution in [0.15, 0.2) is 48.8 Å². The molecule has 25 heavy (non-hydrogen) atoms. The van der Waals surface area contributed by atoms with Crippen LogP contribution >= 0.6 is 0 Å². The highest BCUT2D eigenvalue weighted by molar-refractivity contribution is 7.88. The van der Waals surface area contributed by atoms with Gasteiger partial charge in [0.05, 0.1) is 11.3 Å². The fourth-order valence-electron chi connectivity index (χ4n) is 2.90. The van der Waals surface area contributed by atoms with Gasteiger partial charge in [-0.25, -0.2) is 8.42 Å². The maximum Gasteiger partial charge on any atom is 0.255 e. The van der Waals surface area contributed by atoms with Crippen molar-refractivity contribution in [3.05, 3.63) is 65.5 Å². The summed E-state index contributed by atoms with van der Waals surface area (Å²) >= 11 is 0. The van der Waals surface area contributed by atoms with Gasteiger partial charge >= 0.3 is 0 Å². The number of rotatable bonds is 4. The number of aryl methyl sites for hydroxylation is 1. The SMILES string of the molecule is Cc1ccccc1CS(=O)(=O)N1CCN(C(=O)c2cccnc2)CC1. The minimum atomic E-state index is -3.39. The van der Waals surface area contributed by atoms with Crippen LogP contribution in [0.3, 0.4) is 0 Å². The first-order valence-corrected chi connectivity index (χ1v) is 9.80. The number of benzene rings is 1. The average Bonchev–Trinajstić information content (AvgIpc) is 2.64. The van der Waals surface area contributed by atoms with E-state index in [9.17, 15) is 13.2 Å². The van der Waals surface area contributed by atoms with Crippen molar-refractivity contribution in [2.75, 3.05) is 26.2 Å². The Morgan fingerprint density at radius 3 is 2.44 bits per heavy atom. The Bertz CT molecular complexity index is 845. The van der Waals surface area contributed by atoms with Crippen molar-refractivity contribution in [1.29, 1.82) is 0 Å². The van der Waals surface area contributed by atoms with Gasteiger partial charge in [-0.15, -0.1) is 0 Å². The number of piperazine rings is 1. The molecule has 1 aromatic carbocycles. The predicted octanol–water partition coefficient (Wildman–Crippen LogP) is 1.68. The fourth-order valence-corrected chi connectivity index (χ4v) is 4.52. The molecule has 7 heteroatoms. The summed E-state index contributed by atoms with van der Waals surface area (Å²) in [7, 11) is -3.39. The van der Waals surface area contributed by atoms with Crippen molar-refractivity contribution in [3.8, 4) is 0 Å². The number of aromatic nitrogens is 1. The lowest BCUT2D eigenvalue weighted by molar-refractivity contribution is 0.0697. The monoisotopic (exact) mass is 359 g/mol. The van der Waals surface area contributed by atoms with Crippen LogP contribution in [-0.2, 0) is 15.8 Å². The van der Waals surface area contributed by atoms with E-state index < -0.39 is 10.0 Å². The number of hydrogen-bond acceptors (Lipinski definition) is 4. The molecule has 0 saturated carbocycles. The molecular formula is C18H21N3O3S. The van der Waals surface area contributed by atoms with E-state index in [0.717, 1.165) is 11.1 Å². The molecule has 2 aromatic rings. The first-order chi connectivity index (χ1) is 12.0. The van der Waals surface area contributed by atoms with Gasteiger partial charge in [0, 0.05) is 38.6 Å². The van der Waals surface area contributed by atoms with Crippen molar-refractivity contribution in [2.24, 2.45) is 0 Å². The van der Waals surface area contributed by atoms with E-state index in [0.29, 0.717) is 31.7 Å². The molecule has 0 radical (unpaired) electrons. The Kier molecular flexibility index (Phi) is 5.15. The van der Waals surface area contributed by atoms with Crippen LogP contribution < -0.4 is 0 Å². The van der Waals surface area contributed by atoms with Crippen molar-refractivity contribution in [2.45, 2.75) is 12.7 Å². The Morgan fingerprint density at radius 2 is 1.80 bits per heavy atom. The minimum absolute atomic E-state index is 0.00375. The molecule has 0 unspecified atom stereocenters. The van der Waals surface area contributed by atoms with Gasteiger partial charge in [-0.1, -0.05) is 24.3 Å². The zero-order chi connectivity index (χ0) is 17.9. The minimum Gasteiger partial charge on any atom is -0.336 e. The second-order valence-electron chi connectivity index (χ2n) is 6.12. The van der Waals surface area contributed by atoms with Crippen LogP contribution in [0.25, 0.3) is 0 Å². The smallest absolute Gasteiger partial charge is 0.255 e. The number of carbonyl (C=O) groups is 1. The number of carbonyl (C=O) groups excluding carboxylic acids is 1. The molecule has 1 aromatic heterocycles. The molecule has 1 aliphatic heterocycles. The molecule has 132 valence electrons. The van der Waals surface area contributed by atoms with Gasteiger partial charge in [0.15, 0.2) is 0 Å². The molecule has 3 rings (SSSR count). The molecule has 1 fully saturated rings. The molecule has 2 heterocycles. The van der Waals surface area contributed by atoms with Crippen LogP contribution in [0, 0.1) is 6.92 Å². The van der Waals surface area contributed by atoms with Gasteiger partial charge in [0.2, 0.25) is 10.0 Å². The lowest BCUT2D eigenvalue weighted by Gasteiger charge is -2.34. The zero-order valence-corrected chi connectivity index (χ0v) is 14.9. The van der Waals surface area contributed by atoms with Crippen LogP contribution in [0.5, 0.6) is 0 Å². The topological polar surface area (TPSA) is 70.6 Å². The van der Waals surface area contributed by atoms with E-state index in [2.05, 4.69) is 4.98 Å². The zero-order valence-electron chi connectivity index (χ0n) is 14.1. The lowest BCUT2D eigenvalue weighted by Crippen LogP contribution is -2.50. The van der Waals surface area contributed by atoms with E-state index in [1.54, 1.807) is 23.2 Å². The van der Waals surface area contributed by atoms with Gasteiger partial charge < -0.3 is 4.90 Å². The Labute approximate surface area is 148 Å². The lowest BCUT2D eigenvalue weighted by atomic mass is 10.1. The number of pyridine rings is 1. The third-order valence-electron chi connectivity index (χ3n) is 4.43. The van der Waals surface area contributed by atoms with Gasteiger partial charge in [0.1, 0.15) is 0 Å². The maximum atomic E-state index is 12.7. The highest BCUT2D eigenvalue weighted by atomic mass is 32.2. The molecule has 0 aliphatic carbocycles. The summed E-state index contributed by atoms with van der Waals surface area (Å²) in [6.45, 7) is 3.33. The van der Waals surface area contributed by atoms with Crippen molar-refractivity contribution in [3.63, 3.8) is 0 Å². The van der Waals surface area contributed by atoms with Gasteiger partial charge in [-0.2, -0.15) is 4.31 Å². The molecule has 0 bridgehead atoms. The van der Waals surface area contributed by atoms with E-state index in [4.69, 9.17) is 0 Å². The van der Waals surface area contributed by atoms with E-state index in [1.165, 1.54) is 10.5 Å². The standard InChI is InChI=1S/C18H21N3O3S/c1-15-5-2-3-6-17(15)14-25(23,24)21-11-9-20(10-12-21)18(22)16-7-4-8-19-13-16/h2-8,13H,9-12,14H2,1H3. The Balaban J connectivity index is 1.63. The Hall–Kier alpha value is -2.25. The summed E-state index contributed by atoms with van der Waals surface area (Å²) in [5.41, 5.74) is 2.31. The number of sulfonamides is 1. The van der Waals surface area contributed by atoms with Crippen LogP contribution in [-0.4, -0.2) is 54.7 Å². The normalized spacial score (nSPS) is 16.0. The summed E-state index contributed by atoms with van der Waals surface area (Å²) in [6.07, 6.45) is 3.15. The first-order valence-electron chi connectivity index (χ1n) is 8.19. The average molecular weight is 359 g/mol. The summed E-state index contributed by atoms with van der Waals surface area (Å²) < 4.78 is 26.8. The number of amides is 1. The van der Waals surface area contributed by atoms with E-state index in [1.807, 2.05) is 31.2 Å². The predicted molar refractivity (Wildman–Crippen MR) is 95.5 cm³/mol. The highest BCUT2D eigenvalue weighted by Crippen LogP contribution is 2.17. The fraction of sp³-hybridized carbons (Fsp3) is 0.333. The summed E-state index contributed by atoms with van der Waals surface area (Å²) in [6, 6.07) is 10.9. The highest BCUT2D eigenvalue weighted by Gasteiger charge is 2.29. The van der Waals surface area contributed by atoms with E-state index in [-0.39, 0.29) is 11.7 Å². The van der Waals surface area contributed by atoms with Crippen molar-refractivity contribution >= 4 is 15.9 Å². The molecule has 0 N–H and O–H groups in total. The molecule has 1 amide bonds. The van der Waals surface area contributed by atoms with Gasteiger partial charge in [0.25, 0.3) is 5.91 Å². The summed E-state index contributed by atoms with van der Waals surface area (Å²) in [4.78, 5) is 18.0. The molecule has 1 saturated heterocycles. The maximum absolute atomic E-state index is 12.7. The molecule has 0 spiro atoms. The number of nitrogens with zero attached hydrogens (tertiary/aromatic N) is 3. The summed E-state index contributed by atoms with van der Waals surface area (Å²) in [5.74, 6) is -0.111. The third kappa shape index (κ3) is 4.05. The van der Waals surface area contributed by atoms with Crippen LogP contribution in [0.2, 0.25) is 0 Å². The summed E-state index contributed by atoms with van der Waals surface area (Å²) in [5, 5.41) is 0.